The number of ether oxygens (including phenoxy) is 2. The second-order valence-corrected chi connectivity index (χ2v) is 9.18. The van der Waals surface area contributed by atoms with Crippen molar-refractivity contribution in [2.24, 2.45) is 5.92 Å². The first-order valence-corrected chi connectivity index (χ1v) is 9.73. The highest BCUT2D eigenvalue weighted by atomic mass is 35.6. The van der Waals surface area contributed by atoms with Gasteiger partial charge in [-0.15, -0.1) is 0 Å². The summed E-state index contributed by atoms with van der Waals surface area (Å²) in [7, 11) is 1.44. The Morgan fingerprint density at radius 2 is 1.89 bits per heavy atom. The molecule has 0 radical (unpaired) electrons. The van der Waals surface area contributed by atoms with Crippen LogP contribution in [0.25, 0.3) is 0 Å². The first-order valence-electron chi connectivity index (χ1n) is 8.60. The summed E-state index contributed by atoms with van der Waals surface area (Å²) < 4.78 is 8.40. The van der Waals surface area contributed by atoms with Crippen molar-refractivity contribution in [2.75, 3.05) is 20.3 Å². The fraction of sp³-hybridized carbons (Fsp3) is 0.812. The summed E-state index contributed by atoms with van der Waals surface area (Å²) in [6.07, 6.45) is 0.404. The summed E-state index contributed by atoms with van der Waals surface area (Å²) in [6, 6.07) is -1.53. The summed E-state index contributed by atoms with van der Waals surface area (Å²) in [5.74, 6) is -1.40. The van der Waals surface area contributed by atoms with Gasteiger partial charge in [0.2, 0.25) is 9.70 Å². The van der Waals surface area contributed by atoms with Crippen molar-refractivity contribution in [1.29, 1.82) is 0 Å². The largest absolute Gasteiger partial charge is 0.460 e. The normalized spacial score (nSPS) is 20.1. The van der Waals surface area contributed by atoms with E-state index in [4.69, 9.17) is 44.3 Å². The van der Waals surface area contributed by atoms with E-state index in [-0.39, 0.29) is 24.3 Å². The van der Waals surface area contributed by atoms with Crippen LogP contribution in [0.5, 0.6) is 0 Å². The van der Waals surface area contributed by atoms with Gasteiger partial charge in [0.05, 0.1) is 0 Å². The molecule has 2 N–H and O–H groups in total. The van der Waals surface area contributed by atoms with E-state index in [9.17, 15) is 14.4 Å². The fourth-order valence-corrected chi connectivity index (χ4v) is 2.81. The Morgan fingerprint density at radius 1 is 1.26 bits per heavy atom. The molecule has 0 aromatic rings. The van der Waals surface area contributed by atoms with Gasteiger partial charge in [-0.3, -0.25) is 19.4 Å². The van der Waals surface area contributed by atoms with Gasteiger partial charge in [-0.2, -0.15) is 0 Å². The molecule has 11 heteroatoms. The predicted molar refractivity (Wildman–Crippen MR) is 102 cm³/mol. The average molecular weight is 447 g/mol. The smallest absolute Gasteiger partial charge is 0.325 e. The van der Waals surface area contributed by atoms with Crippen LogP contribution in [0.4, 0.5) is 0 Å². The molecule has 1 fully saturated rings. The van der Waals surface area contributed by atoms with E-state index >= 15 is 0 Å². The molecule has 1 saturated heterocycles. The number of nitrogens with zero attached hydrogens (tertiary/aromatic N) is 1. The Labute approximate surface area is 174 Å². The Morgan fingerprint density at radius 3 is 2.41 bits per heavy atom. The molecule has 0 spiro atoms. The van der Waals surface area contributed by atoms with Gasteiger partial charge in [-0.1, -0.05) is 48.7 Å². The van der Waals surface area contributed by atoms with Crippen molar-refractivity contribution in [2.45, 2.75) is 55.6 Å². The summed E-state index contributed by atoms with van der Waals surface area (Å²) in [5, 5.41) is 3.93. The SMILES string of the molecule is COC(C(=O)NC(C)C(=O)N1CCCC(C(=O)OCC(Cl)(Cl)Cl)N1)C(C)C. The topological polar surface area (TPSA) is 97.0 Å². The lowest BCUT2D eigenvalue weighted by molar-refractivity contribution is -0.153. The van der Waals surface area contributed by atoms with Crippen LogP contribution in [-0.4, -0.2) is 65.0 Å². The number of alkyl halides is 3. The summed E-state index contributed by atoms with van der Waals surface area (Å²) in [5.41, 5.74) is 2.81. The summed E-state index contributed by atoms with van der Waals surface area (Å²) >= 11 is 16.7. The molecular formula is C16H26Cl3N3O5. The lowest BCUT2D eigenvalue weighted by Crippen LogP contribution is -2.60. The number of methoxy groups -OCH3 is 1. The molecule has 0 aromatic carbocycles. The number of rotatable bonds is 7. The molecule has 2 amide bonds. The maximum atomic E-state index is 12.6. The van der Waals surface area contributed by atoms with Crippen molar-refractivity contribution >= 4 is 52.6 Å². The van der Waals surface area contributed by atoms with E-state index in [1.807, 2.05) is 13.8 Å². The maximum absolute atomic E-state index is 12.6. The number of hydrogen-bond acceptors (Lipinski definition) is 6. The molecule has 1 heterocycles. The number of hydrazine groups is 1. The molecule has 27 heavy (non-hydrogen) atoms. The molecule has 0 bridgehead atoms. The monoisotopic (exact) mass is 445 g/mol. The zero-order valence-electron chi connectivity index (χ0n) is 15.8. The van der Waals surface area contributed by atoms with Crippen LogP contribution in [-0.2, 0) is 23.9 Å². The van der Waals surface area contributed by atoms with E-state index in [1.165, 1.54) is 12.1 Å². The molecule has 1 aliphatic heterocycles. The number of halogens is 3. The number of carbonyl (C=O) groups is 3. The van der Waals surface area contributed by atoms with Crippen LogP contribution in [0, 0.1) is 5.92 Å². The van der Waals surface area contributed by atoms with Gasteiger partial charge in [-0.05, 0) is 25.7 Å². The van der Waals surface area contributed by atoms with Gasteiger partial charge in [-0.25, -0.2) is 5.43 Å². The van der Waals surface area contributed by atoms with Gasteiger partial charge in [0.1, 0.15) is 24.8 Å². The minimum atomic E-state index is -1.70. The molecule has 8 nitrogen and oxygen atoms in total. The van der Waals surface area contributed by atoms with Crippen molar-refractivity contribution in [3.05, 3.63) is 0 Å². The van der Waals surface area contributed by atoms with E-state index in [2.05, 4.69) is 10.7 Å². The Bertz CT molecular complexity index is 542. The molecule has 156 valence electrons. The molecule has 3 unspecified atom stereocenters. The first kappa shape index (κ1) is 24.2. The quantitative estimate of drug-likeness (QED) is 0.455. The molecule has 3 atom stereocenters. The van der Waals surface area contributed by atoms with E-state index in [1.54, 1.807) is 6.92 Å². The van der Waals surface area contributed by atoms with Crippen molar-refractivity contribution < 1.29 is 23.9 Å². The number of hydrogen-bond donors (Lipinski definition) is 2. The van der Waals surface area contributed by atoms with Crippen LogP contribution in [0.1, 0.15) is 33.6 Å². The Balaban J connectivity index is 2.61. The van der Waals surface area contributed by atoms with Crippen LogP contribution >= 0.6 is 34.8 Å². The van der Waals surface area contributed by atoms with Crippen LogP contribution in [0.2, 0.25) is 0 Å². The zero-order valence-corrected chi connectivity index (χ0v) is 18.0. The molecule has 0 saturated carbocycles. The van der Waals surface area contributed by atoms with E-state index < -0.39 is 27.9 Å². The average Bonchev–Trinajstić information content (AvgIpc) is 2.58. The zero-order chi connectivity index (χ0) is 20.8. The third-order valence-electron chi connectivity index (χ3n) is 3.96. The highest BCUT2D eigenvalue weighted by molar-refractivity contribution is 6.67. The number of amides is 2. The van der Waals surface area contributed by atoms with Crippen LogP contribution < -0.4 is 10.7 Å². The van der Waals surface area contributed by atoms with Gasteiger partial charge in [0.25, 0.3) is 5.91 Å². The van der Waals surface area contributed by atoms with Crippen molar-refractivity contribution in [3.63, 3.8) is 0 Å². The molecule has 1 rings (SSSR count). The minimum absolute atomic E-state index is 0.0394. The third-order valence-corrected chi connectivity index (χ3v) is 4.29. The maximum Gasteiger partial charge on any atom is 0.325 e. The summed E-state index contributed by atoms with van der Waals surface area (Å²) in [6.45, 7) is 5.27. The van der Waals surface area contributed by atoms with Crippen molar-refractivity contribution in [1.82, 2.24) is 15.8 Å². The van der Waals surface area contributed by atoms with Gasteiger partial charge in [0.15, 0.2) is 0 Å². The fourth-order valence-electron chi connectivity index (χ4n) is 2.64. The number of esters is 1. The molecule has 0 aromatic heterocycles. The van der Waals surface area contributed by atoms with Crippen LogP contribution in [0.15, 0.2) is 0 Å². The second kappa shape index (κ2) is 10.7. The lowest BCUT2D eigenvalue weighted by Gasteiger charge is -2.34. The van der Waals surface area contributed by atoms with Gasteiger partial charge >= 0.3 is 5.97 Å². The Kier molecular flexibility index (Phi) is 9.57. The minimum Gasteiger partial charge on any atom is -0.460 e. The number of nitrogens with one attached hydrogen (secondary N) is 2. The standard InChI is InChI=1S/C16H26Cl3N3O5/c1-9(2)12(26-4)13(23)20-10(3)14(24)22-7-5-6-11(21-22)15(25)27-8-16(17,18)19/h9-12,21H,5-8H2,1-4H3,(H,20,23). The Hall–Kier alpha value is -0.800. The summed E-state index contributed by atoms with van der Waals surface area (Å²) in [4.78, 5) is 36.9. The highest BCUT2D eigenvalue weighted by Crippen LogP contribution is 2.26. The predicted octanol–water partition coefficient (Wildman–Crippen LogP) is 1.57. The first-order chi connectivity index (χ1) is 12.5. The van der Waals surface area contributed by atoms with Crippen LogP contribution in [0.3, 0.4) is 0 Å². The molecular weight excluding hydrogens is 421 g/mol. The lowest BCUT2D eigenvalue weighted by atomic mass is 10.1. The van der Waals surface area contributed by atoms with Gasteiger partial charge < -0.3 is 14.8 Å². The van der Waals surface area contributed by atoms with E-state index in [0.717, 1.165) is 0 Å². The highest BCUT2D eigenvalue weighted by Gasteiger charge is 2.33. The third kappa shape index (κ3) is 7.99. The van der Waals surface area contributed by atoms with E-state index in [0.29, 0.717) is 19.4 Å². The second-order valence-electron chi connectivity index (χ2n) is 6.67. The van der Waals surface area contributed by atoms with Gasteiger partial charge in [0, 0.05) is 13.7 Å². The molecule has 0 aliphatic carbocycles. The van der Waals surface area contributed by atoms with Crippen molar-refractivity contribution in [3.8, 4) is 0 Å². The molecule has 1 aliphatic rings. The number of carbonyl (C=O) groups excluding carboxylic acids is 3.